The number of aromatic nitrogens is 5. The Balaban J connectivity index is 1.62. The molecule has 3 heterocycles. The van der Waals surface area contributed by atoms with E-state index < -0.39 is 0 Å². The van der Waals surface area contributed by atoms with Gasteiger partial charge in [-0.25, -0.2) is 9.67 Å². The molecule has 2 aromatic rings. The summed E-state index contributed by atoms with van der Waals surface area (Å²) < 4.78 is 1.58. The van der Waals surface area contributed by atoms with Gasteiger partial charge >= 0.3 is 0 Å². The molecule has 1 amide bonds. The van der Waals surface area contributed by atoms with Crippen LogP contribution in [0.25, 0.3) is 0 Å². The van der Waals surface area contributed by atoms with Gasteiger partial charge in [-0.2, -0.15) is 0 Å². The van der Waals surface area contributed by atoms with Crippen LogP contribution in [-0.2, 0) is 11.3 Å². The zero-order valence-corrected chi connectivity index (χ0v) is 11.2. The van der Waals surface area contributed by atoms with E-state index >= 15 is 0 Å². The van der Waals surface area contributed by atoms with Crippen molar-refractivity contribution in [2.45, 2.75) is 31.8 Å². The van der Waals surface area contributed by atoms with Crippen molar-refractivity contribution in [2.24, 2.45) is 0 Å². The number of carbonyl (C=O) groups is 1. The largest absolute Gasteiger partial charge is 0.333 e. The minimum absolute atomic E-state index is 0.146. The molecule has 1 aliphatic heterocycles. The van der Waals surface area contributed by atoms with Crippen molar-refractivity contribution in [2.75, 3.05) is 6.54 Å². The number of amides is 1. The second kappa shape index (κ2) is 5.43. The molecule has 7 nitrogen and oxygen atoms in total. The van der Waals surface area contributed by atoms with E-state index in [2.05, 4.69) is 20.5 Å². The summed E-state index contributed by atoms with van der Waals surface area (Å²) in [6, 6.07) is 0.154. The second-order valence-corrected chi connectivity index (χ2v) is 5.36. The van der Waals surface area contributed by atoms with E-state index in [1.54, 1.807) is 22.2 Å². The highest BCUT2D eigenvalue weighted by atomic mass is 32.1. The van der Waals surface area contributed by atoms with Gasteiger partial charge in [-0.15, -0.1) is 16.4 Å². The van der Waals surface area contributed by atoms with E-state index in [1.165, 1.54) is 6.33 Å². The molecule has 1 saturated heterocycles. The Hall–Kier alpha value is -1.83. The van der Waals surface area contributed by atoms with Crippen molar-refractivity contribution in [3.05, 3.63) is 22.9 Å². The SMILES string of the molecule is O=C(CCn1cnnn1)N1CCCC1c1nccs1. The minimum Gasteiger partial charge on any atom is -0.333 e. The fourth-order valence-electron chi connectivity index (χ4n) is 2.36. The molecule has 0 N–H and O–H groups in total. The van der Waals surface area contributed by atoms with Crippen LogP contribution in [0.5, 0.6) is 0 Å². The van der Waals surface area contributed by atoms with Gasteiger partial charge in [-0.3, -0.25) is 4.79 Å². The molecule has 0 saturated carbocycles. The number of thiazole rings is 1. The van der Waals surface area contributed by atoms with Gasteiger partial charge in [0.1, 0.15) is 11.3 Å². The van der Waals surface area contributed by atoms with Gasteiger partial charge in [0.2, 0.25) is 5.91 Å². The zero-order chi connectivity index (χ0) is 13.1. The molecule has 1 atom stereocenters. The summed E-state index contributed by atoms with van der Waals surface area (Å²) in [7, 11) is 0. The lowest BCUT2D eigenvalue weighted by molar-refractivity contribution is -0.132. The fraction of sp³-hybridized carbons (Fsp3) is 0.545. The van der Waals surface area contributed by atoms with Gasteiger partial charge in [0.25, 0.3) is 0 Å². The lowest BCUT2D eigenvalue weighted by Crippen LogP contribution is -2.31. The lowest BCUT2D eigenvalue weighted by Gasteiger charge is -2.23. The standard InChI is InChI=1S/C11H14N6OS/c18-10(3-6-16-8-13-14-15-16)17-5-1-2-9(17)11-12-4-7-19-11/h4,7-9H,1-3,5-6H2. The number of likely N-dealkylation sites (tertiary alicyclic amines) is 1. The van der Waals surface area contributed by atoms with E-state index in [9.17, 15) is 4.79 Å². The topological polar surface area (TPSA) is 76.8 Å². The molecule has 8 heteroatoms. The van der Waals surface area contributed by atoms with E-state index in [1.807, 2.05) is 10.3 Å². The monoisotopic (exact) mass is 278 g/mol. The van der Waals surface area contributed by atoms with Crippen molar-refractivity contribution in [3.8, 4) is 0 Å². The summed E-state index contributed by atoms with van der Waals surface area (Å²) in [5.74, 6) is 0.146. The van der Waals surface area contributed by atoms with Crippen LogP contribution in [-0.4, -0.2) is 42.5 Å². The molecule has 19 heavy (non-hydrogen) atoms. The Morgan fingerprint density at radius 1 is 1.53 bits per heavy atom. The maximum atomic E-state index is 12.3. The lowest BCUT2D eigenvalue weighted by atomic mass is 10.2. The number of hydrogen-bond donors (Lipinski definition) is 0. The molecule has 1 fully saturated rings. The van der Waals surface area contributed by atoms with Crippen molar-refractivity contribution < 1.29 is 4.79 Å². The van der Waals surface area contributed by atoms with Gasteiger partial charge in [0, 0.05) is 24.5 Å². The molecule has 2 aromatic heterocycles. The minimum atomic E-state index is 0.146. The summed E-state index contributed by atoms with van der Waals surface area (Å²) >= 11 is 1.61. The van der Waals surface area contributed by atoms with Crippen molar-refractivity contribution in [1.29, 1.82) is 0 Å². The van der Waals surface area contributed by atoms with Crippen molar-refractivity contribution in [3.63, 3.8) is 0 Å². The highest BCUT2D eigenvalue weighted by Crippen LogP contribution is 2.33. The quantitative estimate of drug-likeness (QED) is 0.830. The molecule has 1 unspecified atom stereocenters. The number of carbonyl (C=O) groups excluding carboxylic acids is 1. The fourth-order valence-corrected chi connectivity index (χ4v) is 3.14. The van der Waals surface area contributed by atoms with Gasteiger partial charge in [-0.05, 0) is 23.3 Å². The first-order valence-electron chi connectivity index (χ1n) is 6.24. The van der Waals surface area contributed by atoms with E-state index in [4.69, 9.17) is 0 Å². The first-order chi connectivity index (χ1) is 9.34. The average Bonchev–Trinajstić information content (AvgIpc) is 3.14. The third-order valence-electron chi connectivity index (χ3n) is 3.26. The average molecular weight is 278 g/mol. The van der Waals surface area contributed by atoms with Gasteiger partial charge in [-0.1, -0.05) is 0 Å². The van der Waals surface area contributed by atoms with Gasteiger partial charge in [0.15, 0.2) is 0 Å². The van der Waals surface area contributed by atoms with Gasteiger partial charge < -0.3 is 4.90 Å². The molecule has 0 spiro atoms. The molecule has 100 valence electrons. The summed E-state index contributed by atoms with van der Waals surface area (Å²) in [6.45, 7) is 1.34. The Bertz CT molecular complexity index is 525. The van der Waals surface area contributed by atoms with Crippen LogP contribution in [0.2, 0.25) is 0 Å². The number of rotatable bonds is 4. The third-order valence-corrected chi connectivity index (χ3v) is 4.13. The van der Waals surface area contributed by atoms with Crippen LogP contribution >= 0.6 is 11.3 Å². The van der Waals surface area contributed by atoms with Crippen molar-refractivity contribution >= 4 is 17.2 Å². The number of tetrazole rings is 1. The van der Waals surface area contributed by atoms with Crippen LogP contribution in [0.3, 0.4) is 0 Å². The molecule has 0 aliphatic carbocycles. The second-order valence-electron chi connectivity index (χ2n) is 4.44. The molecular weight excluding hydrogens is 264 g/mol. The molecule has 1 aliphatic rings. The highest BCUT2D eigenvalue weighted by Gasteiger charge is 2.31. The molecular formula is C11H14N6OS. The van der Waals surface area contributed by atoms with Gasteiger partial charge in [0.05, 0.1) is 12.6 Å². The predicted octanol–water partition coefficient (Wildman–Crippen LogP) is 0.883. The Morgan fingerprint density at radius 2 is 2.47 bits per heavy atom. The normalized spacial score (nSPS) is 18.9. The van der Waals surface area contributed by atoms with Crippen LogP contribution in [0.4, 0.5) is 0 Å². The Morgan fingerprint density at radius 3 is 3.21 bits per heavy atom. The smallest absolute Gasteiger partial charge is 0.225 e. The van der Waals surface area contributed by atoms with E-state index in [-0.39, 0.29) is 11.9 Å². The van der Waals surface area contributed by atoms with Crippen LogP contribution < -0.4 is 0 Å². The number of hydrogen-bond acceptors (Lipinski definition) is 6. The first kappa shape index (κ1) is 12.2. The number of aryl methyl sites for hydroxylation is 1. The molecule has 3 rings (SSSR count). The Kier molecular flexibility index (Phi) is 3.49. The summed E-state index contributed by atoms with van der Waals surface area (Å²) in [5, 5.41) is 13.9. The maximum absolute atomic E-state index is 12.3. The summed E-state index contributed by atoms with van der Waals surface area (Å²) in [4.78, 5) is 18.5. The van der Waals surface area contributed by atoms with Crippen LogP contribution in [0, 0.1) is 0 Å². The molecule has 0 radical (unpaired) electrons. The maximum Gasteiger partial charge on any atom is 0.225 e. The third kappa shape index (κ3) is 2.62. The molecule has 0 aromatic carbocycles. The highest BCUT2D eigenvalue weighted by molar-refractivity contribution is 7.09. The van der Waals surface area contributed by atoms with Crippen LogP contribution in [0.1, 0.15) is 30.3 Å². The Labute approximate surface area is 114 Å². The summed E-state index contributed by atoms with van der Waals surface area (Å²) in [6.07, 6.45) is 5.79. The zero-order valence-electron chi connectivity index (χ0n) is 10.3. The first-order valence-corrected chi connectivity index (χ1v) is 7.12. The number of nitrogens with zero attached hydrogens (tertiary/aromatic N) is 6. The predicted molar refractivity (Wildman–Crippen MR) is 68.2 cm³/mol. The van der Waals surface area contributed by atoms with Crippen LogP contribution in [0.15, 0.2) is 17.9 Å². The van der Waals surface area contributed by atoms with E-state index in [0.29, 0.717) is 13.0 Å². The van der Waals surface area contributed by atoms with Crippen molar-refractivity contribution in [1.82, 2.24) is 30.1 Å². The molecule has 0 bridgehead atoms. The van der Waals surface area contributed by atoms with E-state index in [0.717, 1.165) is 24.4 Å². The summed E-state index contributed by atoms with van der Waals surface area (Å²) in [5.41, 5.74) is 0.